The van der Waals surface area contributed by atoms with Crippen LogP contribution in [0.15, 0.2) is 48.7 Å². The Labute approximate surface area is 249 Å². The number of hydrogen-bond acceptors (Lipinski definition) is 6. The summed E-state index contributed by atoms with van der Waals surface area (Å²) in [4.78, 5) is 33.7. The molecule has 42 heavy (non-hydrogen) atoms. The summed E-state index contributed by atoms with van der Waals surface area (Å²) in [5.41, 5.74) is 3.68. The third-order valence-electron chi connectivity index (χ3n) is 9.25. The highest BCUT2D eigenvalue weighted by molar-refractivity contribution is 5.87. The fourth-order valence-corrected chi connectivity index (χ4v) is 7.29. The van der Waals surface area contributed by atoms with Gasteiger partial charge in [0.25, 0.3) is 0 Å². The molecule has 3 heterocycles. The molecule has 8 heteroatoms. The van der Waals surface area contributed by atoms with Crippen LogP contribution in [0.25, 0.3) is 5.57 Å². The summed E-state index contributed by atoms with van der Waals surface area (Å²) in [6.45, 7) is 7.94. The Morgan fingerprint density at radius 2 is 1.88 bits per heavy atom. The van der Waals surface area contributed by atoms with Gasteiger partial charge in [-0.05, 0) is 47.4 Å². The van der Waals surface area contributed by atoms with Crippen molar-refractivity contribution < 1.29 is 24.2 Å². The zero-order chi connectivity index (χ0) is 29.9. The van der Waals surface area contributed by atoms with Gasteiger partial charge in [0.15, 0.2) is 0 Å². The molecule has 0 spiro atoms. The lowest BCUT2D eigenvalue weighted by atomic mass is 9.72. The van der Waals surface area contributed by atoms with Gasteiger partial charge in [-0.25, -0.2) is 9.78 Å². The van der Waals surface area contributed by atoms with E-state index < -0.39 is 23.5 Å². The van der Waals surface area contributed by atoms with Gasteiger partial charge in [0.05, 0.1) is 26.4 Å². The van der Waals surface area contributed by atoms with Crippen LogP contribution in [0.5, 0.6) is 5.88 Å². The molecule has 5 rings (SSSR count). The van der Waals surface area contributed by atoms with Crippen LogP contribution in [0.2, 0.25) is 0 Å². The third kappa shape index (κ3) is 6.25. The van der Waals surface area contributed by atoms with Gasteiger partial charge in [-0.2, -0.15) is 0 Å². The van der Waals surface area contributed by atoms with Crippen LogP contribution in [0.1, 0.15) is 82.0 Å². The fourth-order valence-electron chi connectivity index (χ4n) is 7.29. The lowest BCUT2D eigenvalue weighted by molar-refractivity contribution is -0.154. The molecule has 1 amide bonds. The standard InChI is InChI=1S/C34H45N3O5/c1-34(2,3)27-28(35-21-26-19-25(20-36-31(26)41-4)22-15-17-42-18-16-22)29(23-11-7-5-8-12-23)37(30(27)33(39)40)32(38)24-13-9-6-10-14-24/h5,7-8,11-12,15,19-20,24,27-30,35H,6,9-10,13-14,16-18,21H2,1-4H3,(H,39,40)/t27-,28-,29-,30-/m0/s1. The molecule has 2 fully saturated rings. The van der Waals surface area contributed by atoms with E-state index in [1.165, 1.54) is 5.57 Å². The number of hydrogen-bond donors (Lipinski definition) is 2. The third-order valence-corrected chi connectivity index (χ3v) is 9.25. The first-order valence-electron chi connectivity index (χ1n) is 15.3. The Bertz CT molecular complexity index is 1280. The minimum absolute atomic E-state index is 0.0257. The van der Waals surface area contributed by atoms with Gasteiger partial charge in [0.2, 0.25) is 11.8 Å². The maximum absolute atomic E-state index is 14.3. The molecule has 3 aliphatic rings. The molecule has 8 nitrogen and oxygen atoms in total. The molecule has 0 radical (unpaired) electrons. The van der Waals surface area contributed by atoms with E-state index in [1.54, 1.807) is 12.0 Å². The van der Waals surface area contributed by atoms with Crippen LogP contribution < -0.4 is 10.1 Å². The predicted molar refractivity (Wildman–Crippen MR) is 162 cm³/mol. The van der Waals surface area contributed by atoms with E-state index in [-0.39, 0.29) is 23.8 Å². The Kier molecular flexibility index (Phi) is 9.33. The Hall–Kier alpha value is -3.23. The molecule has 2 N–H and O–H groups in total. The van der Waals surface area contributed by atoms with Crippen molar-refractivity contribution in [2.45, 2.75) is 84.0 Å². The van der Waals surface area contributed by atoms with Crippen molar-refractivity contribution >= 4 is 17.4 Å². The van der Waals surface area contributed by atoms with Gasteiger partial charge in [0, 0.05) is 36.2 Å². The van der Waals surface area contributed by atoms with Crippen molar-refractivity contribution in [3.05, 3.63) is 65.4 Å². The topological polar surface area (TPSA) is 101 Å². The SMILES string of the molecule is COc1ncc(C2=CCOCC2)cc1CN[C@H]1[C@H](C(C)(C)C)[C@@H](C(=O)O)N(C(=O)C2CCCCC2)[C@H]1c1ccccc1. The van der Waals surface area contributed by atoms with Crippen molar-refractivity contribution in [2.24, 2.45) is 17.3 Å². The average molecular weight is 576 g/mol. The molecule has 226 valence electrons. The van der Waals surface area contributed by atoms with E-state index in [0.29, 0.717) is 25.6 Å². The van der Waals surface area contributed by atoms with Gasteiger partial charge in [-0.15, -0.1) is 0 Å². The van der Waals surface area contributed by atoms with Crippen LogP contribution in [0.3, 0.4) is 0 Å². The Morgan fingerprint density at radius 3 is 2.50 bits per heavy atom. The van der Waals surface area contributed by atoms with Crippen LogP contribution in [0, 0.1) is 17.3 Å². The predicted octanol–water partition coefficient (Wildman–Crippen LogP) is 5.63. The number of carboxylic acids is 1. The van der Waals surface area contributed by atoms with E-state index in [9.17, 15) is 14.7 Å². The summed E-state index contributed by atoms with van der Waals surface area (Å²) in [6, 6.07) is 10.4. The van der Waals surface area contributed by atoms with Crippen molar-refractivity contribution in [1.82, 2.24) is 15.2 Å². The summed E-state index contributed by atoms with van der Waals surface area (Å²) in [5, 5.41) is 14.5. The Morgan fingerprint density at radius 1 is 1.14 bits per heavy atom. The summed E-state index contributed by atoms with van der Waals surface area (Å²) in [6.07, 6.45) is 9.53. The number of likely N-dealkylation sites (tertiary alicyclic amines) is 1. The first kappa shape index (κ1) is 30.2. The molecular weight excluding hydrogens is 530 g/mol. The smallest absolute Gasteiger partial charge is 0.326 e. The molecular formula is C34H45N3O5. The second-order valence-electron chi connectivity index (χ2n) is 13.0. The molecule has 2 aromatic rings. The molecule has 4 atom stereocenters. The molecule has 1 aromatic heterocycles. The number of aliphatic carboxylic acids is 1. The number of carboxylic acid groups (broad SMARTS) is 1. The van der Waals surface area contributed by atoms with Crippen molar-refractivity contribution in [3.8, 4) is 5.88 Å². The minimum atomic E-state index is -0.947. The molecule has 1 saturated carbocycles. The monoisotopic (exact) mass is 575 g/mol. The number of rotatable bonds is 8. The van der Waals surface area contributed by atoms with E-state index >= 15 is 0 Å². The second kappa shape index (κ2) is 13.0. The van der Waals surface area contributed by atoms with Crippen molar-refractivity contribution in [3.63, 3.8) is 0 Å². The summed E-state index contributed by atoms with van der Waals surface area (Å²) in [5.74, 6) is -0.919. The highest BCUT2D eigenvalue weighted by atomic mass is 16.5. The van der Waals surface area contributed by atoms with Gasteiger partial charge in [-0.1, -0.05) is 76.4 Å². The number of methoxy groups -OCH3 is 1. The van der Waals surface area contributed by atoms with Crippen LogP contribution in [0.4, 0.5) is 0 Å². The molecule has 0 bridgehead atoms. The van der Waals surface area contributed by atoms with Gasteiger partial charge in [0.1, 0.15) is 6.04 Å². The molecule has 0 unspecified atom stereocenters. The number of nitrogens with one attached hydrogen (secondary N) is 1. The number of pyridine rings is 1. The maximum atomic E-state index is 14.3. The number of carbonyl (C=O) groups is 2. The van der Waals surface area contributed by atoms with E-state index in [0.717, 1.165) is 55.2 Å². The van der Waals surface area contributed by atoms with E-state index in [4.69, 9.17) is 9.47 Å². The summed E-state index contributed by atoms with van der Waals surface area (Å²) < 4.78 is 11.1. The molecule has 1 saturated heterocycles. The average Bonchev–Trinajstić information content (AvgIpc) is 3.37. The van der Waals surface area contributed by atoms with Gasteiger partial charge < -0.3 is 24.8 Å². The highest BCUT2D eigenvalue weighted by Crippen LogP contribution is 2.49. The van der Waals surface area contributed by atoms with Crippen molar-refractivity contribution in [1.29, 1.82) is 0 Å². The van der Waals surface area contributed by atoms with Crippen LogP contribution in [-0.4, -0.2) is 59.3 Å². The van der Waals surface area contributed by atoms with Crippen LogP contribution >= 0.6 is 0 Å². The minimum Gasteiger partial charge on any atom is -0.481 e. The molecule has 2 aliphatic heterocycles. The lowest BCUT2D eigenvalue weighted by Gasteiger charge is -2.36. The zero-order valence-corrected chi connectivity index (χ0v) is 25.3. The Balaban J connectivity index is 1.55. The van der Waals surface area contributed by atoms with Crippen molar-refractivity contribution in [2.75, 3.05) is 20.3 Å². The van der Waals surface area contributed by atoms with E-state index in [2.05, 4.69) is 43.2 Å². The number of benzene rings is 1. The van der Waals surface area contributed by atoms with E-state index in [1.807, 2.05) is 36.5 Å². The van der Waals surface area contributed by atoms with Gasteiger partial charge in [-0.3, -0.25) is 4.79 Å². The number of nitrogens with zero attached hydrogens (tertiary/aromatic N) is 2. The van der Waals surface area contributed by atoms with Gasteiger partial charge >= 0.3 is 5.97 Å². The summed E-state index contributed by atoms with van der Waals surface area (Å²) in [7, 11) is 1.62. The maximum Gasteiger partial charge on any atom is 0.326 e. The summed E-state index contributed by atoms with van der Waals surface area (Å²) >= 11 is 0. The second-order valence-corrected chi connectivity index (χ2v) is 13.0. The number of aromatic nitrogens is 1. The fraction of sp³-hybridized carbons (Fsp3) is 0.559. The largest absolute Gasteiger partial charge is 0.481 e. The number of carbonyl (C=O) groups excluding carboxylic acids is 1. The molecule has 1 aliphatic carbocycles. The first-order valence-corrected chi connectivity index (χ1v) is 15.3. The quantitative estimate of drug-likeness (QED) is 0.421. The number of ether oxygens (including phenoxy) is 2. The lowest BCUT2D eigenvalue weighted by Crippen LogP contribution is -2.49. The number of amides is 1. The first-order chi connectivity index (χ1) is 20.2. The highest BCUT2D eigenvalue weighted by Gasteiger charge is 2.58. The molecule has 1 aromatic carbocycles. The normalized spacial score (nSPS) is 25.2. The zero-order valence-electron chi connectivity index (χ0n) is 25.3. The van der Waals surface area contributed by atoms with Crippen LogP contribution in [-0.2, 0) is 20.9 Å².